The molecule has 2 rings (SSSR count). The number of hydrogen-bond donors (Lipinski definition) is 1. The quantitative estimate of drug-likeness (QED) is 0.746. The van der Waals surface area contributed by atoms with Crippen LogP contribution in [0.2, 0.25) is 0 Å². The van der Waals surface area contributed by atoms with E-state index in [-0.39, 0.29) is 12.1 Å². The molecule has 1 N–H and O–H groups in total. The minimum Gasteiger partial charge on any atom is -0.382 e. The minimum atomic E-state index is 0.0611. The van der Waals surface area contributed by atoms with Crippen LogP contribution in [0.3, 0.4) is 0 Å². The second kappa shape index (κ2) is 6.57. The van der Waals surface area contributed by atoms with E-state index in [9.17, 15) is 4.79 Å². The van der Waals surface area contributed by atoms with Crippen molar-refractivity contribution in [1.82, 2.24) is 10.2 Å². The van der Waals surface area contributed by atoms with Crippen molar-refractivity contribution in [3.8, 4) is 0 Å². The third-order valence-corrected chi connectivity index (χ3v) is 4.30. The van der Waals surface area contributed by atoms with Gasteiger partial charge in [-0.1, -0.05) is 13.3 Å². The van der Waals surface area contributed by atoms with Gasteiger partial charge in [-0.15, -0.1) is 0 Å². The van der Waals surface area contributed by atoms with Gasteiger partial charge in [0, 0.05) is 26.7 Å². The van der Waals surface area contributed by atoms with Crippen LogP contribution >= 0.6 is 0 Å². The first-order chi connectivity index (χ1) is 9.13. The van der Waals surface area contributed by atoms with Gasteiger partial charge in [-0.2, -0.15) is 0 Å². The van der Waals surface area contributed by atoms with E-state index in [0.717, 1.165) is 19.5 Å². The summed E-state index contributed by atoms with van der Waals surface area (Å²) in [6.07, 6.45) is 4.85. The number of ether oxygens (including phenoxy) is 2. The van der Waals surface area contributed by atoms with E-state index in [1.807, 2.05) is 4.90 Å². The normalized spacial score (nSPS) is 25.2. The molecule has 0 aromatic rings. The average molecular weight is 270 g/mol. The maximum atomic E-state index is 12.0. The summed E-state index contributed by atoms with van der Waals surface area (Å²) in [6.45, 7) is 5.76. The molecule has 19 heavy (non-hydrogen) atoms. The van der Waals surface area contributed by atoms with Gasteiger partial charge in [0.05, 0.1) is 19.3 Å². The van der Waals surface area contributed by atoms with Crippen LogP contribution < -0.4 is 5.32 Å². The van der Waals surface area contributed by atoms with E-state index in [0.29, 0.717) is 25.2 Å². The molecule has 1 saturated heterocycles. The maximum Gasteiger partial charge on any atom is 0.317 e. The largest absolute Gasteiger partial charge is 0.382 e. The van der Waals surface area contributed by atoms with E-state index in [1.165, 1.54) is 19.3 Å². The Hall–Kier alpha value is -0.810. The van der Waals surface area contributed by atoms with Gasteiger partial charge in [0.1, 0.15) is 0 Å². The second-order valence-corrected chi connectivity index (χ2v) is 6.04. The van der Waals surface area contributed by atoms with Crippen LogP contribution in [0.5, 0.6) is 0 Å². The van der Waals surface area contributed by atoms with Crippen molar-refractivity contribution in [2.24, 2.45) is 5.41 Å². The summed E-state index contributed by atoms with van der Waals surface area (Å²) in [4.78, 5) is 13.9. The molecule has 1 unspecified atom stereocenters. The number of likely N-dealkylation sites (tertiary alicyclic amines) is 1. The van der Waals surface area contributed by atoms with Gasteiger partial charge in [0.15, 0.2) is 0 Å². The van der Waals surface area contributed by atoms with Gasteiger partial charge in [0.2, 0.25) is 0 Å². The maximum absolute atomic E-state index is 12.0. The standard InChI is InChI=1S/C14H26N2O3/c1-14(5-3-6-14)11-15-13(17)16-7-4-12(10-16)19-9-8-18-2/h12H,3-11H2,1-2H3,(H,15,17). The molecule has 0 radical (unpaired) electrons. The number of nitrogens with zero attached hydrogens (tertiary/aromatic N) is 1. The monoisotopic (exact) mass is 270 g/mol. The van der Waals surface area contributed by atoms with Gasteiger partial charge in [0.25, 0.3) is 0 Å². The first kappa shape index (κ1) is 14.6. The third-order valence-electron chi connectivity index (χ3n) is 4.30. The van der Waals surface area contributed by atoms with Crippen LogP contribution in [0, 0.1) is 5.41 Å². The Bertz CT molecular complexity index is 305. The molecule has 0 spiro atoms. The summed E-state index contributed by atoms with van der Waals surface area (Å²) in [5.41, 5.74) is 0.337. The lowest BCUT2D eigenvalue weighted by atomic mass is 9.70. The lowest BCUT2D eigenvalue weighted by Gasteiger charge is -2.38. The molecule has 110 valence electrons. The topological polar surface area (TPSA) is 50.8 Å². The van der Waals surface area contributed by atoms with Crippen molar-refractivity contribution in [1.29, 1.82) is 0 Å². The molecule has 2 fully saturated rings. The Morgan fingerprint density at radius 3 is 2.84 bits per heavy atom. The van der Waals surface area contributed by atoms with Crippen molar-refractivity contribution >= 4 is 6.03 Å². The second-order valence-electron chi connectivity index (χ2n) is 6.04. The fourth-order valence-electron chi connectivity index (χ4n) is 2.70. The minimum absolute atomic E-state index is 0.0611. The van der Waals surface area contributed by atoms with Crippen molar-refractivity contribution in [3.63, 3.8) is 0 Å². The smallest absolute Gasteiger partial charge is 0.317 e. The lowest BCUT2D eigenvalue weighted by Crippen LogP contribution is -2.45. The zero-order chi connectivity index (χ0) is 13.7. The molecule has 1 heterocycles. The van der Waals surface area contributed by atoms with Crippen molar-refractivity contribution < 1.29 is 14.3 Å². The van der Waals surface area contributed by atoms with Gasteiger partial charge in [-0.25, -0.2) is 4.79 Å². The number of methoxy groups -OCH3 is 1. The molecule has 1 aliphatic heterocycles. The highest BCUT2D eigenvalue weighted by molar-refractivity contribution is 5.74. The van der Waals surface area contributed by atoms with Crippen LogP contribution in [-0.2, 0) is 9.47 Å². The molecule has 1 aliphatic carbocycles. The van der Waals surface area contributed by atoms with Gasteiger partial charge in [-0.3, -0.25) is 0 Å². The van der Waals surface area contributed by atoms with Crippen molar-refractivity contribution in [2.75, 3.05) is 40.0 Å². The molecule has 5 heteroatoms. The number of urea groups is 1. The Kier molecular flexibility index (Phi) is 5.05. The molecule has 0 aromatic heterocycles. The number of carbonyl (C=O) groups excluding carboxylic acids is 1. The van der Waals surface area contributed by atoms with Crippen LogP contribution in [0.15, 0.2) is 0 Å². The van der Waals surface area contributed by atoms with Crippen LogP contribution in [0.4, 0.5) is 4.79 Å². The lowest BCUT2D eigenvalue weighted by molar-refractivity contribution is 0.0235. The summed E-state index contributed by atoms with van der Waals surface area (Å²) < 4.78 is 10.6. The highest BCUT2D eigenvalue weighted by Crippen LogP contribution is 2.39. The van der Waals surface area contributed by atoms with E-state index in [2.05, 4.69) is 12.2 Å². The number of carbonyl (C=O) groups is 1. The molecule has 2 aliphatic rings. The number of hydrogen-bond acceptors (Lipinski definition) is 3. The van der Waals surface area contributed by atoms with Gasteiger partial charge < -0.3 is 19.7 Å². The first-order valence-corrected chi connectivity index (χ1v) is 7.26. The molecular formula is C14H26N2O3. The SMILES string of the molecule is COCCOC1CCN(C(=O)NCC2(C)CCC2)C1. The molecule has 0 aromatic carbocycles. The van der Waals surface area contributed by atoms with Gasteiger partial charge >= 0.3 is 6.03 Å². The summed E-state index contributed by atoms with van der Waals surface area (Å²) in [5, 5.41) is 3.06. The molecule has 1 saturated carbocycles. The Morgan fingerprint density at radius 2 is 2.21 bits per heavy atom. The fourth-order valence-corrected chi connectivity index (χ4v) is 2.70. The summed E-state index contributed by atoms with van der Waals surface area (Å²) in [7, 11) is 1.67. The summed E-state index contributed by atoms with van der Waals surface area (Å²) in [6, 6.07) is 0.0611. The van der Waals surface area contributed by atoms with E-state index >= 15 is 0 Å². The molecular weight excluding hydrogens is 244 g/mol. The van der Waals surface area contributed by atoms with E-state index < -0.39 is 0 Å². The molecule has 2 amide bonds. The molecule has 5 nitrogen and oxygen atoms in total. The van der Waals surface area contributed by atoms with Crippen LogP contribution in [-0.4, -0.2) is 57.0 Å². The predicted octanol–water partition coefficient (Wildman–Crippen LogP) is 1.62. The van der Waals surface area contributed by atoms with Crippen LogP contribution in [0.25, 0.3) is 0 Å². The average Bonchev–Trinajstić information content (AvgIpc) is 2.83. The highest BCUT2D eigenvalue weighted by Gasteiger charge is 2.33. The van der Waals surface area contributed by atoms with Crippen molar-refractivity contribution in [2.45, 2.75) is 38.7 Å². The highest BCUT2D eigenvalue weighted by atomic mass is 16.5. The van der Waals surface area contributed by atoms with Crippen LogP contribution in [0.1, 0.15) is 32.6 Å². The zero-order valence-electron chi connectivity index (χ0n) is 12.1. The predicted molar refractivity (Wildman–Crippen MR) is 73.2 cm³/mol. The Morgan fingerprint density at radius 1 is 1.42 bits per heavy atom. The van der Waals surface area contributed by atoms with Crippen molar-refractivity contribution in [3.05, 3.63) is 0 Å². The Labute approximate surface area is 115 Å². The van der Waals surface area contributed by atoms with E-state index in [4.69, 9.17) is 9.47 Å². The first-order valence-electron chi connectivity index (χ1n) is 7.26. The van der Waals surface area contributed by atoms with Gasteiger partial charge in [-0.05, 0) is 24.7 Å². The Balaban J connectivity index is 1.63. The van der Waals surface area contributed by atoms with E-state index in [1.54, 1.807) is 7.11 Å². The fraction of sp³-hybridized carbons (Fsp3) is 0.929. The number of amides is 2. The third kappa shape index (κ3) is 4.08. The zero-order valence-corrected chi connectivity index (χ0v) is 12.1. The summed E-state index contributed by atoms with van der Waals surface area (Å²) in [5.74, 6) is 0. The summed E-state index contributed by atoms with van der Waals surface area (Å²) >= 11 is 0. The molecule has 0 bridgehead atoms. The molecule has 1 atom stereocenters. The number of rotatable bonds is 6. The number of nitrogens with one attached hydrogen (secondary N) is 1.